The van der Waals surface area contributed by atoms with Crippen LogP contribution in [0.2, 0.25) is 0 Å². The summed E-state index contributed by atoms with van der Waals surface area (Å²) < 4.78 is 0. The summed E-state index contributed by atoms with van der Waals surface area (Å²) in [6.07, 6.45) is 3.74. The van der Waals surface area contributed by atoms with Crippen molar-refractivity contribution >= 4 is 23.2 Å². The molecule has 52 valence electrons. The van der Waals surface area contributed by atoms with Crippen molar-refractivity contribution < 1.29 is 0 Å². The van der Waals surface area contributed by atoms with Crippen molar-refractivity contribution in [2.75, 3.05) is 5.88 Å². The zero-order chi connectivity index (χ0) is 7.28. The molecule has 0 spiro atoms. The molecule has 0 saturated heterocycles. The summed E-state index contributed by atoms with van der Waals surface area (Å²) in [6.45, 7) is 3.79. The van der Waals surface area contributed by atoms with E-state index in [0.29, 0.717) is 5.88 Å². The molecule has 0 heterocycles. The molecule has 0 N–H and O–H groups in total. The monoisotopic (exact) mass is 164 g/mol. The number of allylic oxidation sites excluding steroid dienone is 4. The first-order valence-electron chi connectivity index (χ1n) is 2.72. The Hall–Kier alpha value is 0.0600. The minimum atomic E-state index is 0.570. The third-order valence-corrected chi connectivity index (χ3v) is 1.36. The zero-order valence-electron chi connectivity index (χ0n) is 5.62. The maximum absolute atomic E-state index is 5.55. The molecule has 0 fully saturated rings. The van der Waals surface area contributed by atoms with Crippen LogP contribution in [0.3, 0.4) is 0 Å². The number of hydrogen-bond acceptors (Lipinski definition) is 0. The summed E-state index contributed by atoms with van der Waals surface area (Å²) in [6, 6.07) is 0. The lowest BCUT2D eigenvalue weighted by Gasteiger charge is -1.87. The van der Waals surface area contributed by atoms with Gasteiger partial charge in [0.05, 0.1) is 0 Å². The minimum Gasteiger partial charge on any atom is -0.122 e. The van der Waals surface area contributed by atoms with Crippen molar-refractivity contribution in [2.24, 2.45) is 0 Å². The molecule has 0 aliphatic rings. The average molecular weight is 165 g/mol. The van der Waals surface area contributed by atoms with Crippen molar-refractivity contribution in [3.05, 3.63) is 22.8 Å². The van der Waals surface area contributed by atoms with Gasteiger partial charge < -0.3 is 0 Å². The van der Waals surface area contributed by atoms with Gasteiger partial charge in [-0.2, -0.15) is 0 Å². The van der Waals surface area contributed by atoms with Crippen molar-refractivity contribution in [1.29, 1.82) is 0 Å². The van der Waals surface area contributed by atoms with Gasteiger partial charge in [-0.3, -0.25) is 0 Å². The van der Waals surface area contributed by atoms with Crippen LogP contribution in [0.25, 0.3) is 0 Å². The summed E-state index contributed by atoms with van der Waals surface area (Å²) in [5, 5.41) is 0.777. The van der Waals surface area contributed by atoms with E-state index in [-0.39, 0.29) is 0 Å². The van der Waals surface area contributed by atoms with Crippen LogP contribution in [0.5, 0.6) is 0 Å². The summed E-state index contributed by atoms with van der Waals surface area (Å²) in [5.74, 6) is 0.570. The first-order chi connectivity index (χ1) is 4.16. The molecule has 0 unspecified atom stereocenters. The van der Waals surface area contributed by atoms with Gasteiger partial charge in [0.1, 0.15) is 0 Å². The number of rotatable bonds is 2. The Morgan fingerprint density at radius 1 is 1.33 bits per heavy atom. The van der Waals surface area contributed by atoms with E-state index in [1.165, 1.54) is 0 Å². The third kappa shape index (κ3) is 5.94. The van der Waals surface area contributed by atoms with Crippen LogP contribution in [0.4, 0.5) is 0 Å². The Balaban J connectivity index is 3.83. The van der Waals surface area contributed by atoms with Crippen molar-refractivity contribution in [3.8, 4) is 0 Å². The molecule has 0 aliphatic heterocycles. The second-order valence-electron chi connectivity index (χ2n) is 1.90. The van der Waals surface area contributed by atoms with E-state index in [1.807, 2.05) is 26.0 Å². The quantitative estimate of drug-likeness (QED) is 0.435. The van der Waals surface area contributed by atoms with Gasteiger partial charge in [-0.05, 0) is 19.9 Å². The second kappa shape index (κ2) is 4.89. The molecule has 0 bridgehead atoms. The molecule has 0 aliphatic carbocycles. The standard InChI is InChI=1S/C7H10Cl2/c1-6(5-8)3-4-7(2)9/h3-4H,5H2,1-2H3/b6-3-,7-4+. The fraction of sp³-hybridized carbons (Fsp3) is 0.429. The molecule has 0 aromatic heterocycles. The summed E-state index contributed by atoms with van der Waals surface area (Å²) in [4.78, 5) is 0. The zero-order valence-corrected chi connectivity index (χ0v) is 7.13. The molecule has 2 heteroatoms. The van der Waals surface area contributed by atoms with Crippen LogP contribution in [0, 0.1) is 0 Å². The highest BCUT2D eigenvalue weighted by molar-refractivity contribution is 6.29. The molecule has 0 atom stereocenters. The molecule has 0 aromatic carbocycles. The van der Waals surface area contributed by atoms with Crippen molar-refractivity contribution in [2.45, 2.75) is 13.8 Å². The van der Waals surface area contributed by atoms with E-state index in [1.54, 1.807) is 0 Å². The van der Waals surface area contributed by atoms with E-state index in [2.05, 4.69) is 0 Å². The molecule has 9 heavy (non-hydrogen) atoms. The SMILES string of the molecule is C/C(=C/C=C(\C)Cl)CCl. The van der Waals surface area contributed by atoms with Gasteiger partial charge in [0.25, 0.3) is 0 Å². The molecular weight excluding hydrogens is 155 g/mol. The topological polar surface area (TPSA) is 0 Å². The lowest BCUT2D eigenvalue weighted by Crippen LogP contribution is -1.72. The van der Waals surface area contributed by atoms with E-state index in [0.717, 1.165) is 10.6 Å². The summed E-state index contributed by atoms with van der Waals surface area (Å²) in [7, 11) is 0. The second-order valence-corrected chi connectivity index (χ2v) is 2.76. The van der Waals surface area contributed by atoms with Crippen LogP contribution in [0.15, 0.2) is 22.8 Å². The molecule has 0 aromatic rings. The van der Waals surface area contributed by atoms with Gasteiger partial charge in [0.15, 0.2) is 0 Å². The van der Waals surface area contributed by atoms with Crippen molar-refractivity contribution in [3.63, 3.8) is 0 Å². The minimum absolute atomic E-state index is 0.570. The van der Waals surface area contributed by atoms with Crippen LogP contribution in [-0.4, -0.2) is 5.88 Å². The molecule has 0 amide bonds. The van der Waals surface area contributed by atoms with Gasteiger partial charge >= 0.3 is 0 Å². The fourth-order valence-electron chi connectivity index (χ4n) is 0.302. The molecule has 0 radical (unpaired) electrons. The summed E-state index contributed by atoms with van der Waals surface area (Å²) in [5.41, 5.74) is 1.12. The highest BCUT2D eigenvalue weighted by atomic mass is 35.5. The Morgan fingerprint density at radius 2 is 1.89 bits per heavy atom. The predicted molar refractivity (Wildman–Crippen MR) is 44.1 cm³/mol. The first-order valence-corrected chi connectivity index (χ1v) is 3.63. The Morgan fingerprint density at radius 3 is 2.22 bits per heavy atom. The van der Waals surface area contributed by atoms with E-state index >= 15 is 0 Å². The Kier molecular flexibility index (Phi) is 4.93. The largest absolute Gasteiger partial charge is 0.122 e. The molecule has 0 rings (SSSR count). The maximum Gasteiger partial charge on any atom is 0.0433 e. The number of halogens is 2. The summed E-state index contributed by atoms with van der Waals surface area (Å²) >= 11 is 11.0. The van der Waals surface area contributed by atoms with Gasteiger partial charge in [-0.15, -0.1) is 11.6 Å². The van der Waals surface area contributed by atoms with Gasteiger partial charge in [-0.1, -0.05) is 23.3 Å². The third-order valence-electron chi connectivity index (χ3n) is 0.808. The highest BCUT2D eigenvalue weighted by Crippen LogP contribution is 2.01. The van der Waals surface area contributed by atoms with Crippen LogP contribution in [-0.2, 0) is 0 Å². The van der Waals surface area contributed by atoms with Crippen LogP contribution < -0.4 is 0 Å². The van der Waals surface area contributed by atoms with E-state index < -0.39 is 0 Å². The van der Waals surface area contributed by atoms with Crippen molar-refractivity contribution in [1.82, 2.24) is 0 Å². The molecule has 0 nitrogen and oxygen atoms in total. The van der Waals surface area contributed by atoms with Gasteiger partial charge in [-0.25, -0.2) is 0 Å². The van der Waals surface area contributed by atoms with Gasteiger partial charge in [0.2, 0.25) is 0 Å². The van der Waals surface area contributed by atoms with Crippen LogP contribution in [0.1, 0.15) is 13.8 Å². The molecular formula is C7H10Cl2. The lowest BCUT2D eigenvalue weighted by molar-refractivity contribution is 1.40. The average Bonchev–Trinajstić information content (AvgIpc) is 1.83. The van der Waals surface area contributed by atoms with E-state index in [9.17, 15) is 0 Å². The predicted octanol–water partition coefficient (Wildman–Crippen LogP) is 3.31. The highest BCUT2D eigenvalue weighted by Gasteiger charge is 1.81. The fourth-order valence-corrected chi connectivity index (χ4v) is 0.454. The first kappa shape index (κ1) is 9.06. The smallest absolute Gasteiger partial charge is 0.0433 e. The number of hydrogen-bond donors (Lipinski definition) is 0. The number of alkyl halides is 1. The van der Waals surface area contributed by atoms with E-state index in [4.69, 9.17) is 23.2 Å². The normalized spacial score (nSPS) is 14.2. The van der Waals surface area contributed by atoms with Crippen LogP contribution >= 0.6 is 23.2 Å². The lowest BCUT2D eigenvalue weighted by atomic mass is 10.3. The molecule has 0 saturated carbocycles. The Bertz CT molecular complexity index is 130. The van der Waals surface area contributed by atoms with Gasteiger partial charge in [0, 0.05) is 10.9 Å². The Labute approximate surface area is 66.2 Å². The maximum atomic E-state index is 5.55.